The maximum absolute atomic E-state index is 13.5. The number of methoxy groups -OCH3 is 2. The van der Waals surface area contributed by atoms with Crippen molar-refractivity contribution in [1.82, 2.24) is 47.5 Å². The van der Waals surface area contributed by atoms with E-state index < -0.39 is 29.3 Å². The van der Waals surface area contributed by atoms with Crippen LogP contribution in [0.15, 0.2) is 134 Å². The number of para-hydroxylation sites is 3. The van der Waals surface area contributed by atoms with Crippen LogP contribution in [-0.2, 0) is 23.9 Å². The smallest absolute Gasteiger partial charge is 0.416 e. The molecule has 11 aromatic rings. The number of imidazole rings is 1. The molecule has 0 spiro atoms. The zero-order valence-corrected chi connectivity index (χ0v) is 57.1. The van der Waals surface area contributed by atoms with E-state index in [0.717, 1.165) is 74.4 Å². The van der Waals surface area contributed by atoms with E-state index in [1.165, 1.54) is 35.3 Å². The lowest BCUT2D eigenvalue weighted by atomic mass is 10.0. The minimum atomic E-state index is -4.28. The highest BCUT2D eigenvalue weighted by Crippen LogP contribution is 2.37. The Morgan fingerprint density at radius 3 is 1.77 bits per heavy atom. The summed E-state index contributed by atoms with van der Waals surface area (Å²) in [4.78, 5) is 18.8. The van der Waals surface area contributed by atoms with Gasteiger partial charge in [-0.1, -0.05) is 84.0 Å². The summed E-state index contributed by atoms with van der Waals surface area (Å²) < 4.78 is 113. The number of amides is 1. The SMILES string of the molecule is CC(C)c1cn(C)c2ccc(C(F)(F)F)cc12.CC(C)n1c(C(C)(F)F)cc2ccccc21.CC(C)n1ccc2cc(F)c(F)cc21.COC1CN(C(=O)c2cc(C(C)C)nn2C(C)C)C1.COc1cccc(C(C)C)c1.Cc1nc2n(C(C)C)c3ccccc3n2n1. The number of likely N-dealkylation sites (tertiary alicyclic amines) is 1. The van der Waals surface area contributed by atoms with Gasteiger partial charge in [0.25, 0.3) is 11.8 Å². The monoisotopic (exact) mass is 1290 g/mol. The summed E-state index contributed by atoms with van der Waals surface area (Å²) in [5.41, 5.74) is 8.18. The summed E-state index contributed by atoms with van der Waals surface area (Å²) in [5, 5.41) is 11.3. The van der Waals surface area contributed by atoms with E-state index in [2.05, 4.69) is 85.6 Å². The molecule has 1 saturated heterocycles. The fraction of sp³-hybridized carbons (Fsp3) is 0.425. The maximum Gasteiger partial charge on any atom is 0.416 e. The topological polar surface area (TPSA) is 106 Å². The Kier molecular flexibility index (Phi) is 23.3. The molecule has 0 unspecified atom stereocenters. The highest BCUT2D eigenvalue weighted by Gasteiger charge is 2.34. The second-order valence-electron chi connectivity index (χ2n) is 25.6. The van der Waals surface area contributed by atoms with Crippen LogP contribution < -0.4 is 4.74 Å². The van der Waals surface area contributed by atoms with Crippen LogP contribution in [-0.4, -0.2) is 86.9 Å². The summed E-state index contributed by atoms with van der Waals surface area (Å²) in [5.74, 6) is -0.538. The molecule has 12 rings (SSSR count). The third kappa shape index (κ3) is 16.9. The fourth-order valence-electron chi connectivity index (χ4n) is 11.1. The zero-order chi connectivity index (χ0) is 68.7. The standard InChI is InChI=1S/C14H23N3O2.C13H14F3N.C13H15F2N.C12H14N4.C11H11F2N.C10H14O/c1-9(2)12-6-13(17(15-12)10(3)4)14(18)16-7-11(8-16)19-5;1-8(2)11-7-17(3)12-5-4-9(6-10(11)12)13(14,15)16;1-9(2)16-11-7-5-4-6-10(11)8-12(16)13(3,14)15;1-8(2)15-10-6-4-5-7-11(10)16-12(15)13-9(3)14-16;1-7(2)14-4-3-8-5-9(12)10(13)6-11(8)14;1-8(2)9-5-4-6-10(7-9)11-3/h6,9-11H,7-8H2,1-5H3;4-8H,1-3H3;4-9H,1-3H3;4-8H,1-3H3;3-7H,1-2H3;4-8H,1-3H3. The van der Waals surface area contributed by atoms with Crippen LogP contribution in [0.25, 0.3) is 49.5 Å². The number of carbonyl (C=O) groups excluding carboxylic acids is 1. The summed E-state index contributed by atoms with van der Waals surface area (Å²) in [7, 11) is 5.22. The summed E-state index contributed by atoms with van der Waals surface area (Å²) >= 11 is 0. The van der Waals surface area contributed by atoms with Gasteiger partial charge in [0.15, 0.2) is 11.6 Å². The largest absolute Gasteiger partial charge is 0.497 e. The third-order valence-electron chi connectivity index (χ3n) is 16.1. The molecular formula is C73H91F7N10O3. The van der Waals surface area contributed by atoms with Gasteiger partial charge in [-0.15, -0.1) is 5.10 Å². The lowest BCUT2D eigenvalue weighted by Gasteiger charge is -2.38. The number of carbonyl (C=O) groups is 1. The van der Waals surface area contributed by atoms with Crippen molar-refractivity contribution in [3.8, 4) is 5.75 Å². The Morgan fingerprint density at radius 1 is 0.602 bits per heavy atom. The molecule has 0 aliphatic carbocycles. The molecule has 1 fully saturated rings. The first-order valence-electron chi connectivity index (χ1n) is 31.6. The van der Waals surface area contributed by atoms with Crippen molar-refractivity contribution in [1.29, 1.82) is 0 Å². The summed E-state index contributed by atoms with van der Waals surface area (Å²) in [6.45, 7) is 33.0. The molecule has 0 saturated carbocycles. The van der Waals surface area contributed by atoms with Crippen molar-refractivity contribution < 1.29 is 45.0 Å². The molecule has 0 N–H and O–H groups in total. The molecule has 1 aliphatic heterocycles. The van der Waals surface area contributed by atoms with E-state index in [9.17, 15) is 35.5 Å². The second-order valence-corrected chi connectivity index (χ2v) is 25.6. The first-order chi connectivity index (χ1) is 43.7. The Bertz CT molecular complexity index is 4280. The first kappa shape index (κ1) is 72.0. The van der Waals surface area contributed by atoms with Gasteiger partial charge in [-0.05, 0) is 164 Å². The average molecular weight is 1290 g/mol. The average Bonchev–Trinajstić information content (AvgIpc) is 1.62. The second kappa shape index (κ2) is 30.1. The molecule has 0 atom stereocenters. The summed E-state index contributed by atoms with van der Waals surface area (Å²) in [6, 6.07) is 36.4. The number of aromatic nitrogens is 9. The number of benzene rings is 5. The predicted octanol–water partition coefficient (Wildman–Crippen LogP) is 19.6. The van der Waals surface area contributed by atoms with Crippen molar-refractivity contribution in [2.45, 2.75) is 171 Å². The number of alkyl halides is 5. The molecule has 6 aromatic heterocycles. The van der Waals surface area contributed by atoms with E-state index >= 15 is 0 Å². The van der Waals surface area contributed by atoms with Gasteiger partial charge in [0.2, 0.25) is 5.78 Å². The van der Waals surface area contributed by atoms with Crippen LogP contribution in [0, 0.1) is 18.6 Å². The predicted molar refractivity (Wildman–Crippen MR) is 360 cm³/mol. The quantitative estimate of drug-likeness (QED) is 0.119. The minimum Gasteiger partial charge on any atom is -0.497 e. The van der Waals surface area contributed by atoms with Crippen LogP contribution in [0.1, 0.15) is 190 Å². The van der Waals surface area contributed by atoms with E-state index in [1.54, 1.807) is 30.9 Å². The van der Waals surface area contributed by atoms with Crippen LogP contribution in [0.4, 0.5) is 30.7 Å². The Balaban J connectivity index is 0.000000159. The molecule has 0 radical (unpaired) electrons. The minimum absolute atomic E-state index is 0.0284. The number of fused-ring (bicyclic) bond motifs is 6. The van der Waals surface area contributed by atoms with Gasteiger partial charge in [-0.3, -0.25) is 9.48 Å². The molecule has 5 aromatic carbocycles. The number of aryl methyl sites for hydroxylation is 2. The number of hydrogen-bond donors (Lipinski definition) is 0. The van der Waals surface area contributed by atoms with Gasteiger partial charge < -0.3 is 32.6 Å². The molecule has 500 valence electrons. The highest BCUT2D eigenvalue weighted by atomic mass is 19.4. The van der Waals surface area contributed by atoms with Crippen LogP contribution in [0.3, 0.4) is 0 Å². The van der Waals surface area contributed by atoms with E-state index in [0.29, 0.717) is 42.0 Å². The van der Waals surface area contributed by atoms with E-state index in [1.807, 2.05) is 160 Å². The molecule has 0 bridgehead atoms. The van der Waals surface area contributed by atoms with Crippen LogP contribution >= 0.6 is 0 Å². The Labute approximate surface area is 541 Å². The van der Waals surface area contributed by atoms with Crippen molar-refractivity contribution in [2.75, 3.05) is 27.3 Å². The van der Waals surface area contributed by atoms with Gasteiger partial charge >= 0.3 is 6.18 Å². The number of halogens is 7. The van der Waals surface area contributed by atoms with Gasteiger partial charge in [0.1, 0.15) is 17.3 Å². The molecule has 7 heterocycles. The van der Waals surface area contributed by atoms with Crippen molar-refractivity contribution in [2.24, 2.45) is 7.05 Å². The molecule has 13 nitrogen and oxygen atoms in total. The lowest BCUT2D eigenvalue weighted by molar-refractivity contribution is -0.137. The number of rotatable bonds is 11. The maximum atomic E-state index is 13.5. The van der Waals surface area contributed by atoms with Crippen LogP contribution in [0.2, 0.25) is 0 Å². The normalized spacial score (nSPS) is 12.8. The van der Waals surface area contributed by atoms with Crippen molar-refractivity contribution in [3.63, 3.8) is 0 Å². The van der Waals surface area contributed by atoms with Crippen LogP contribution in [0.5, 0.6) is 5.75 Å². The zero-order valence-electron chi connectivity index (χ0n) is 57.1. The van der Waals surface area contributed by atoms with Crippen molar-refractivity contribution >= 4 is 55.4 Å². The molecule has 1 aliphatic rings. The van der Waals surface area contributed by atoms with Gasteiger partial charge in [0, 0.05) is 104 Å². The lowest BCUT2D eigenvalue weighted by Crippen LogP contribution is -2.54. The molecule has 1 amide bonds. The van der Waals surface area contributed by atoms with E-state index in [4.69, 9.17) is 9.47 Å². The first-order valence-corrected chi connectivity index (χ1v) is 31.6. The Hall–Kier alpha value is -8.39. The summed E-state index contributed by atoms with van der Waals surface area (Å²) in [6.07, 6.45) is -0.355. The number of nitrogens with zero attached hydrogens (tertiary/aromatic N) is 10. The van der Waals surface area contributed by atoms with Gasteiger partial charge in [-0.2, -0.15) is 27.8 Å². The third-order valence-corrected chi connectivity index (χ3v) is 16.1. The molecule has 93 heavy (non-hydrogen) atoms. The van der Waals surface area contributed by atoms with E-state index in [-0.39, 0.29) is 41.7 Å². The molecule has 20 heteroatoms. The number of ether oxygens (including phenoxy) is 2. The van der Waals surface area contributed by atoms with Gasteiger partial charge in [0.05, 0.1) is 46.7 Å². The Morgan fingerprint density at radius 2 is 1.22 bits per heavy atom. The van der Waals surface area contributed by atoms with Crippen molar-refractivity contribution in [3.05, 3.63) is 185 Å². The molecular weight excluding hydrogens is 1200 g/mol. The highest BCUT2D eigenvalue weighted by molar-refractivity contribution is 5.93. The number of hydrogen-bond acceptors (Lipinski definition) is 6. The fourth-order valence-corrected chi connectivity index (χ4v) is 11.1. The van der Waals surface area contributed by atoms with Gasteiger partial charge in [-0.25, -0.2) is 17.6 Å².